The summed E-state index contributed by atoms with van der Waals surface area (Å²) < 4.78 is 1.04. The molecule has 0 aliphatic heterocycles. The zero-order chi connectivity index (χ0) is 18.0. The van der Waals surface area contributed by atoms with Crippen LogP contribution in [0.5, 0.6) is 0 Å². The summed E-state index contributed by atoms with van der Waals surface area (Å²) in [5.41, 5.74) is 19.1. The van der Waals surface area contributed by atoms with Crippen molar-refractivity contribution in [1.82, 2.24) is 4.98 Å². The van der Waals surface area contributed by atoms with E-state index in [0.717, 1.165) is 31.7 Å². The minimum Gasteiger partial charge on any atom is -0.397 e. The van der Waals surface area contributed by atoms with E-state index in [1.807, 2.05) is 29.8 Å². The molecule has 0 amide bonds. The normalized spacial score (nSPS) is 12.1. The van der Waals surface area contributed by atoms with Crippen LogP contribution in [0.4, 0.5) is 11.4 Å². The van der Waals surface area contributed by atoms with Crippen LogP contribution in [0.1, 0.15) is 30.2 Å². The summed E-state index contributed by atoms with van der Waals surface area (Å²) in [7, 11) is 0. The molecular weight excluding hydrogens is 368 g/mol. The molecule has 4 nitrogen and oxygen atoms in total. The smallest absolute Gasteiger partial charge is 0.142 e. The summed E-state index contributed by atoms with van der Waals surface area (Å²) in [4.78, 5) is 10.0. The van der Waals surface area contributed by atoms with E-state index in [1.54, 1.807) is 39.9 Å². The Kier molecular flexibility index (Phi) is 5.46. The van der Waals surface area contributed by atoms with E-state index >= 15 is 0 Å². The maximum Gasteiger partial charge on any atom is 0.142 e. The van der Waals surface area contributed by atoms with E-state index in [1.165, 1.54) is 5.56 Å². The number of nitrogens with two attached hydrogens (primary N) is 2. The lowest BCUT2D eigenvalue weighted by Crippen LogP contribution is -2.12. The Bertz CT molecular complexity index is 895. The molecule has 1 aromatic carbocycles. The van der Waals surface area contributed by atoms with Crippen LogP contribution in [0.3, 0.4) is 0 Å². The van der Waals surface area contributed by atoms with Gasteiger partial charge < -0.3 is 11.5 Å². The quantitative estimate of drug-likeness (QED) is 0.351. The fourth-order valence-corrected chi connectivity index (χ4v) is 4.92. The Hall–Kier alpha value is -1.83. The van der Waals surface area contributed by atoms with Crippen molar-refractivity contribution >= 4 is 51.6 Å². The van der Waals surface area contributed by atoms with Crippen LogP contribution >= 0.6 is 34.4 Å². The molecular formula is C18H20N4S3. The molecule has 3 aromatic rings. The van der Waals surface area contributed by atoms with Gasteiger partial charge in [0.1, 0.15) is 5.84 Å². The molecule has 0 aliphatic carbocycles. The van der Waals surface area contributed by atoms with Crippen LogP contribution in [-0.2, 0) is 0 Å². The lowest BCUT2D eigenvalue weighted by atomic mass is 10.0. The van der Waals surface area contributed by atoms with Crippen molar-refractivity contribution in [2.45, 2.75) is 24.0 Å². The number of para-hydroxylation sites is 1. The number of aliphatic imine (C=N–C) groups is 1. The molecule has 3 rings (SSSR count). The number of hydrogen-bond donors (Lipinski definition) is 2. The van der Waals surface area contributed by atoms with Gasteiger partial charge in [0.25, 0.3) is 0 Å². The lowest BCUT2D eigenvalue weighted by molar-refractivity contribution is 0.867. The van der Waals surface area contributed by atoms with Crippen LogP contribution in [0.2, 0.25) is 0 Å². The third-order valence-electron chi connectivity index (χ3n) is 3.82. The second-order valence-electron chi connectivity index (χ2n) is 5.80. The van der Waals surface area contributed by atoms with Crippen LogP contribution < -0.4 is 11.5 Å². The Morgan fingerprint density at radius 1 is 1.28 bits per heavy atom. The van der Waals surface area contributed by atoms with Gasteiger partial charge in [-0.3, -0.25) is 0 Å². The molecule has 25 heavy (non-hydrogen) atoms. The maximum absolute atomic E-state index is 6.41. The van der Waals surface area contributed by atoms with E-state index in [0.29, 0.717) is 11.8 Å². The highest BCUT2D eigenvalue weighted by molar-refractivity contribution is 8.00. The number of amidine groups is 1. The van der Waals surface area contributed by atoms with E-state index in [2.05, 4.69) is 24.9 Å². The van der Waals surface area contributed by atoms with Gasteiger partial charge in [-0.05, 0) is 23.8 Å². The van der Waals surface area contributed by atoms with Crippen molar-refractivity contribution in [2.24, 2.45) is 10.7 Å². The van der Waals surface area contributed by atoms with Crippen molar-refractivity contribution in [3.63, 3.8) is 0 Å². The number of nitrogen functional groups attached to an aromatic ring is 1. The minimum absolute atomic E-state index is 0.376. The number of anilines is 1. The average Bonchev–Trinajstić information content (AvgIpc) is 3.22. The molecule has 7 heteroatoms. The molecule has 0 radical (unpaired) electrons. The topological polar surface area (TPSA) is 77.3 Å². The molecule has 4 N–H and O–H groups in total. The van der Waals surface area contributed by atoms with E-state index in [9.17, 15) is 0 Å². The number of benzene rings is 1. The van der Waals surface area contributed by atoms with Crippen LogP contribution in [-0.4, -0.2) is 17.1 Å². The summed E-state index contributed by atoms with van der Waals surface area (Å²) in [6, 6.07) is 8.10. The van der Waals surface area contributed by atoms with Crippen molar-refractivity contribution in [3.8, 4) is 11.3 Å². The van der Waals surface area contributed by atoms with Gasteiger partial charge in [-0.15, -0.1) is 34.4 Å². The number of rotatable bonds is 5. The first-order chi connectivity index (χ1) is 12.0. The highest BCUT2D eigenvalue weighted by Crippen LogP contribution is 2.43. The standard InChI is InChI=1S/C18H20N4S3/c1-10(2)11-6-4-5-7-12(11)22-17(20)16-14(13-8-24-9-21-13)15(19)18(23-3)25-16/h4-10H,19H2,1-3H3,(H2,20,22). The Morgan fingerprint density at radius 3 is 2.68 bits per heavy atom. The number of thiazole rings is 1. The summed E-state index contributed by atoms with van der Waals surface area (Å²) in [5, 5.41) is 1.99. The van der Waals surface area contributed by atoms with Crippen molar-refractivity contribution < 1.29 is 0 Å². The van der Waals surface area contributed by atoms with Crippen LogP contribution in [0.25, 0.3) is 11.3 Å². The maximum atomic E-state index is 6.41. The van der Waals surface area contributed by atoms with Crippen molar-refractivity contribution in [2.75, 3.05) is 12.0 Å². The second-order valence-corrected chi connectivity index (χ2v) is 8.61. The number of thioether (sulfide) groups is 1. The first-order valence-corrected chi connectivity index (χ1v) is 10.8. The first-order valence-electron chi connectivity index (χ1n) is 7.81. The van der Waals surface area contributed by atoms with Gasteiger partial charge in [-0.2, -0.15) is 0 Å². The molecule has 0 saturated carbocycles. The Morgan fingerprint density at radius 2 is 2.04 bits per heavy atom. The summed E-state index contributed by atoms with van der Waals surface area (Å²) in [5.74, 6) is 0.856. The third-order valence-corrected chi connectivity index (χ3v) is 6.77. The number of nitrogens with zero attached hydrogens (tertiary/aromatic N) is 2. The lowest BCUT2D eigenvalue weighted by Gasteiger charge is -2.10. The van der Waals surface area contributed by atoms with Crippen molar-refractivity contribution in [3.05, 3.63) is 45.6 Å². The molecule has 0 fully saturated rings. The zero-order valence-electron chi connectivity index (χ0n) is 14.3. The SMILES string of the molecule is CSc1sc(C(N)=Nc2ccccc2C(C)C)c(-c2cscn2)c1N. The number of thiophene rings is 1. The van der Waals surface area contributed by atoms with E-state index in [4.69, 9.17) is 16.5 Å². The third kappa shape index (κ3) is 3.58. The molecule has 130 valence electrons. The number of hydrogen-bond acceptors (Lipinski definition) is 6. The molecule has 2 aromatic heterocycles. The van der Waals surface area contributed by atoms with Gasteiger partial charge in [-0.25, -0.2) is 9.98 Å². The zero-order valence-corrected chi connectivity index (χ0v) is 16.8. The van der Waals surface area contributed by atoms with Gasteiger partial charge in [-0.1, -0.05) is 32.0 Å². The fraction of sp³-hybridized carbons (Fsp3) is 0.222. The Balaban J connectivity index is 2.14. The predicted molar refractivity (Wildman–Crippen MR) is 113 cm³/mol. The Labute approximate surface area is 160 Å². The van der Waals surface area contributed by atoms with Gasteiger partial charge in [0.15, 0.2) is 0 Å². The predicted octanol–water partition coefficient (Wildman–Crippen LogP) is 5.34. The summed E-state index contributed by atoms with van der Waals surface area (Å²) >= 11 is 4.73. The minimum atomic E-state index is 0.376. The monoisotopic (exact) mass is 388 g/mol. The molecule has 0 unspecified atom stereocenters. The van der Waals surface area contributed by atoms with E-state index in [-0.39, 0.29) is 0 Å². The number of aromatic nitrogens is 1. The summed E-state index contributed by atoms with van der Waals surface area (Å²) in [6.45, 7) is 4.31. The fourth-order valence-electron chi connectivity index (χ4n) is 2.60. The largest absolute Gasteiger partial charge is 0.397 e. The van der Waals surface area contributed by atoms with Gasteiger partial charge in [0.2, 0.25) is 0 Å². The van der Waals surface area contributed by atoms with Gasteiger partial charge in [0, 0.05) is 10.9 Å². The van der Waals surface area contributed by atoms with E-state index < -0.39 is 0 Å². The summed E-state index contributed by atoms with van der Waals surface area (Å²) in [6.07, 6.45) is 2.01. The molecule has 2 heterocycles. The molecule has 0 atom stereocenters. The average molecular weight is 389 g/mol. The second kappa shape index (κ2) is 7.59. The molecule has 0 saturated heterocycles. The van der Waals surface area contributed by atoms with Crippen molar-refractivity contribution in [1.29, 1.82) is 0 Å². The van der Waals surface area contributed by atoms with Gasteiger partial charge in [0.05, 0.1) is 31.7 Å². The highest BCUT2D eigenvalue weighted by Gasteiger charge is 2.21. The van der Waals surface area contributed by atoms with Crippen LogP contribution in [0.15, 0.2) is 44.4 Å². The molecule has 0 aliphatic rings. The molecule has 0 spiro atoms. The van der Waals surface area contributed by atoms with Gasteiger partial charge >= 0.3 is 0 Å². The highest BCUT2D eigenvalue weighted by atomic mass is 32.2. The first kappa shape index (κ1) is 18.0. The molecule has 0 bridgehead atoms. The van der Waals surface area contributed by atoms with Crippen LogP contribution in [0, 0.1) is 0 Å².